The highest BCUT2D eigenvalue weighted by Crippen LogP contribution is 2.26. The van der Waals surface area contributed by atoms with Crippen LogP contribution in [0.3, 0.4) is 0 Å². The molecule has 0 aromatic carbocycles. The molecule has 8 nitrogen and oxygen atoms in total. The number of aromatic carboxylic acids is 1. The number of aliphatic hydroxyl groups excluding tert-OH is 1. The summed E-state index contributed by atoms with van der Waals surface area (Å²) in [6.45, 7) is 2.19. The van der Waals surface area contributed by atoms with E-state index in [0.717, 1.165) is 12.3 Å². The van der Waals surface area contributed by atoms with Crippen molar-refractivity contribution in [1.82, 2.24) is 4.98 Å². The minimum absolute atomic E-state index is 0.0570. The molecule has 0 aliphatic heterocycles. The van der Waals surface area contributed by atoms with Crippen molar-refractivity contribution in [3.05, 3.63) is 27.9 Å². The molecule has 1 heterocycles. The third-order valence-electron chi connectivity index (χ3n) is 2.34. The number of carboxylic acid groups (broad SMARTS) is 1. The molecule has 18 heavy (non-hydrogen) atoms. The van der Waals surface area contributed by atoms with Crippen LogP contribution < -0.4 is 4.90 Å². The number of aliphatic hydroxyl groups is 1. The SMILES string of the molecule is CCN(CCO)c1ncc(C(=O)O)cc1[N+](=O)[O-]. The summed E-state index contributed by atoms with van der Waals surface area (Å²) in [5, 5.41) is 28.5. The second kappa shape index (κ2) is 5.92. The van der Waals surface area contributed by atoms with Crippen LogP contribution in [-0.4, -0.2) is 45.8 Å². The van der Waals surface area contributed by atoms with Crippen LogP contribution >= 0.6 is 0 Å². The maximum Gasteiger partial charge on any atom is 0.337 e. The molecule has 0 saturated heterocycles. The van der Waals surface area contributed by atoms with Crippen molar-refractivity contribution in [3.63, 3.8) is 0 Å². The van der Waals surface area contributed by atoms with Gasteiger partial charge < -0.3 is 15.1 Å². The van der Waals surface area contributed by atoms with E-state index in [1.54, 1.807) is 6.92 Å². The molecule has 0 fully saturated rings. The first kappa shape index (κ1) is 13.8. The summed E-state index contributed by atoms with van der Waals surface area (Å²) < 4.78 is 0. The molecule has 0 saturated carbocycles. The molecule has 0 aliphatic rings. The van der Waals surface area contributed by atoms with Gasteiger partial charge in [0.25, 0.3) is 0 Å². The zero-order valence-corrected chi connectivity index (χ0v) is 9.74. The minimum atomic E-state index is -1.28. The number of anilines is 1. The first-order valence-corrected chi connectivity index (χ1v) is 5.24. The molecule has 2 N–H and O–H groups in total. The number of carbonyl (C=O) groups is 1. The maximum atomic E-state index is 10.9. The lowest BCUT2D eigenvalue weighted by atomic mass is 10.2. The average Bonchev–Trinajstić information content (AvgIpc) is 2.35. The first-order chi connectivity index (χ1) is 8.51. The fourth-order valence-electron chi connectivity index (χ4n) is 1.48. The van der Waals surface area contributed by atoms with Gasteiger partial charge in [0, 0.05) is 25.4 Å². The number of hydrogen-bond donors (Lipinski definition) is 2. The largest absolute Gasteiger partial charge is 0.478 e. The van der Waals surface area contributed by atoms with Gasteiger partial charge >= 0.3 is 11.7 Å². The van der Waals surface area contributed by atoms with Crippen LogP contribution in [0.2, 0.25) is 0 Å². The molecule has 0 radical (unpaired) electrons. The Morgan fingerprint density at radius 3 is 2.72 bits per heavy atom. The fourth-order valence-corrected chi connectivity index (χ4v) is 1.48. The van der Waals surface area contributed by atoms with Crippen molar-refractivity contribution in [1.29, 1.82) is 0 Å². The van der Waals surface area contributed by atoms with E-state index < -0.39 is 10.9 Å². The predicted octanol–water partition coefficient (Wildman–Crippen LogP) is 0.507. The number of carboxylic acids is 1. The third kappa shape index (κ3) is 2.92. The summed E-state index contributed by atoms with van der Waals surface area (Å²) in [5.41, 5.74) is -0.629. The molecule has 8 heteroatoms. The lowest BCUT2D eigenvalue weighted by Crippen LogP contribution is -2.28. The summed E-state index contributed by atoms with van der Waals surface area (Å²) in [6, 6.07) is 0.963. The average molecular weight is 255 g/mol. The maximum absolute atomic E-state index is 10.9. The number of nitro groups is 1. The zero-order chi connectivity index (χ0) is 13.7. The molecule has 0 spiro atoms. The summed E-state index contributed by atoms with van der Waals surface area (Å²) in [4.78, 5) is 26.3. The van der Waals surface area contributed by atoms with Gasteiger partial charge in [-0.1, -0.05) is 0 Å². The number of rotatable bonds is 6. The Morgan fingerprint density at radius 1 is 1.61 bits per heavy atom. The van der Waals surface area contributed by atoms with Gasteiger partial charge in [0.15, 0.2) is 0 Å². The van der Waals surface area contributed by atoms with Crippen molar-refractivity contribution in [2.45, 2.75) is 6.92 Å². The second-order valence-corrected chi connectivity index (χ2v) is 3.43. The number of pyridine rings is 1. The molecule has 0 bridgehead atoms. The highest BCUT2D eigenvalue weighted by Gasteiger charge is 2.22. The van der Waals surface area contributed by atoms with E-state index in [9.17, 15) is 14.9 Å². The summed E-state index contributed by atoms with van der Waals surface area (Å²) in [5.74, 6) is -1.22. The van der Waals surface area contributed by atoms with Crippen LogP contribution in [0.5, 0.6) is 0 Å². The van der Waals surface area contributed by atoms with Crippen molar-refractivity contribution in [2.24, 2.45) is 0 Å². The van der Waals surface area contributed by atoms with Gasteiger partial charge in [-0.15, -0.1) is 0 Å². The fraction of sp³-hybridized carbons (Fsp3) is 0.400. The van der Waals surface area contributed by atoms with E-state index in [-0.39, 0.29) is 30.2 Å². The van der Waals surface area contributed by atoms with Crippen LogP contribution in [0.1, 0.15) is 17.3 Å². The van der Waals surface area contributed by atoms with Gasteiger partial charge in [-0.25, -0.2) is 9.78 Å². The lowest BCUT2D eigenvalue weighted by molar-refractivity contribution is -0.384. The molecule has 1 aromatic heterocycles. The Labute approximate surface area is 103 Å². The number of nitrogens with zero attached hydrogens (tertiary/aromatic N) is 3. The van der Waals surface area contributed by atoms with Crippen LogP contribution in [0.4, 0.5) is 11.5 Å². The van der Waals surface area contributed by atoms with Crippen molar-refractivity contribution in [2.75, 3.05) is 24.6 Å². The molecule has 0 amide bonds. The standard InChI is InChI=1S/C10H13N3O5/c1-2-12(3-4-14)9-8(13(17)18)5-7(6-11-9)10(15)16/h5-6,14H,2-4H2,1H3,(H,15,16). The summed E-state index contributed by atoms with van der Waals surface area (Å²) in [6.07, 6.45) is 1.06. The van der Waals surface area contributed by atoms with E-state index in [1.165, 1.54) is 4.90 Å². The van der Waals surface area contributed by atoms with Gasteiger partial charge in [0.2, 0.25) is 5.82 Å². The highest BCUT2D eigenvalue weighted by atomic mass is 16.6. The van der Waals surface area contributed by atoms with Gasteiger partial charge in [-0.2, -0.15) is 0 Å². The Bertz CT molecular complexity index is 463. The van der Waals surface area contributed by atoms with E-state index >= 15 is 0 Å². The monoisotopic (exact) mass is 255 g/mol. The zero-order valence-electron chi connectivity index (χ0n) is 9.74. The van der Waals surface area contributed by atoms with Gasteiger partial charge in [-0.05, 0) is 6.92 Å². The van der Waals surface area contributed by atoms with Crippen LogP contribution in [-0.2, 0) is 0 Å². The summed E-state index contributed by atoms with van der Waals surface area (Å²) >= 11 is 0. The van der Waals surface area contributed by atoms with E-state index in [1.807, 2.05) is 0 Å². The second-order valence-electron chi connectivity index (χ2n) is 3.43. The van der Waals surface area contributed by atoms with Crippen LogP contribution in [0, 0.1) is 10.1 Å². The number of aromatic nitrogens is 1. The Balaban J connectivity index is 3.26. The quantitative estimate of drug-likeness (QED) is 0.561. The molecule has 0 atom stereocenters. The molecule has 1 rings (SSSR count). The number of likely N-dealkylation sites (N-methyl/N-ethyl adjacent to an activating group) is 1. The highest BCUT2D eigenvalue weighted by molar-refractivity contribution is 5.88. The van der Waals surface area contributed by atoms with E-state index in [2.05, 4.69) is 4.98 Å². The molecule has 0 aliphatic carbocycles. The molecular weight excluding hydrogens is 242 g/mol. The summed E-state index contributed by atoms with van der Waals surface area (Å²) in [7, 11) is 0. The topological polar surface area (TPSA) is 117 Å². The van der Waals surface area contributed by atoms with Gasteiger partial charge in [0.05, 0.1) is 17.1 Å². The normalized spacial score (nSPS) is 10.1. The lowest BCUT2D eigenvalue weighted by Gasteiger charge is -2.20. The van der Waals surface area contributed by atoms with Crippen molar-refractivity contribution < 1.29 is 19.9 Å². The molecular formula is C10H13N3O5. The van der Waals surface area contributed by atoms with Crippen LogP contribution in [0.25, 0.3) is 0 Å². The predicted molar refractivity (Wildman–Crippen MR) is 62.8 cm³/mol. The van der Waals surface area contributed by atoms with Crippen molar-refractivity contribution in [3.8, 4) is 0 Å². The molecule has 1 aromatic rings. The smallest absolute Gasteiger partial charge is 0.337 e. The van der Waals surface area contributed by atoms with E-state index in [0.29, 0.717) is 6.54 Å². The molecule has 0 unspecified atom stereocenters. The third-order valence-corrected chi connectivity index (χ3v) is 2.34. The van der Waals surface area contributed by atoms with Gasteiger partial charge in [-0.3, -0.25) is 10.1 Å². The van der Waals surface area contributed by atoms with E-state index in [4.69, 9.17) is 10.2 Å². The van der Waals surface area contributed by atoms with Crippen molar-refractivity contribution >= 4 is 17.5 Å². The van der Waals surface area contributed by atoms with Crippen LogP contribution in [0.15, 0.2) is 12.3 Å². The Morgan fingerprint density at radius 2 is 2.28 bits per heavy atom. The number of hydrogen-bond acceptors (Lipinski definition) is 6. The molecule has 98 valence electrons. The Hall–Kier alpha value is -2.22. The first-order valence-electron chi connectivity index (χ1n) is 5.24. The Kier molecular flexibility index (Phi) is 4.55. The minimum Gasteiger partial charge on any atom is -0.478 e. The van der Waals surface area contributed by atoms with Gasteiger partial charge in [0.1, 0.15) is 0 Å².